The molecule has 0 bridgehead atoms. The summed E-state index contributed by atoms with van der Waals surface area (Å²) in [5, 5.41) is 3.48. The first-order valence-corrected chi connectivity index (χ1v) is 8.36. The first-order chi connectivity index (χ1) is 11.9. The predicted octanol–water partition coefficient (Wildman–Crippen LogP) is 4.58. The molecule has 0 radical (unpaired) electrons. The van der Waals surface area contributed by atoms with Crippen molar-refractivity contribution in [1.29, 1.82) is 0 Å². The van der Waals surface area contributed by atoms with Crippen LogP contribution >= 0.6 is 23.2 Å². The Balaban J connectivity index is 2.01. The number of esters is 1. The van der Waals surface area contributed by atoms with Crippen molar-refractivity contribution in [2.24, 2.45) is 0 Å². The quantitative estimate of drug-likeness (QED) is 0.743. The first kappa shape index (κ1) is 19.1. The third kappa shape index (κ3) is 5.37. The number of ether oxygens (including phenoxy) is 2. The molecule has 2 aromatic carbocycles. The van der Waals surface area contributed by atoms with E-state index in [0.29, 0.717) is 22.0 Å². The molecule has 25 heavy (non-hydrogen) atoms. The summed E-state index contributed by atoms with van der Waals surface area (Å²) < 4.78 is 10.5. The second-order valence-electron chi connectivity index (χ2n) is 5.12. The summed E-state index contributed by atoms with van der Waals surface area (Å²) in [5.74, 6) is -0.321. The van der Waals surface area contributed by atoms with Gasteiger partial charge in [0.2, 0.25) is 0 Å². The van der Waals surface area contributed by atoms with Crippen LogP contribution in [-0.2, 0) is 9.53 Å². The van der Waals surface area contributed by atoms with E-state index in [9.17, 15) is 9.59 Å². The number of rotatable bonds is 6. The van der Waals surface area contributed by atoms with Gasteiger partial charge in [0.25, 0.3) is 5.91 Å². The van der Waals surface area contributed by atoms with Gasteiger partial charge in [-0.1, -0.05) is 23.2 Å². The van der Waals surface area contributed by atoms with Crippen molar-refractivity contribution in [2.75, 3.05) is 11.9 Å². The van der Waals surface area contributed by atoms with Crippen molar-refractivity contribution in [1.82, 2.24) is 0 Å². The summed E-state index contributed by atoms with van der Waals surface area (Å²) >= 11 is 11.9. The molecule has 7 heteroatoms. The molecular weight excluding hydrogens is 365 g/mol. The van der Waals surface area contributed by atoms with Gasteiger partial charge in [-0.3, -0.25) is 4.79 Å². The second-order valence-corrected chi connectivity index (χ2v) is 5.96. The number of carbonyl (C=O) groups excluding carboxylic acids is 2. The van der Waals surface area contributed by atoms with E-state index in [1.807, 2.05) is 0 Å². The lowest BCUT2D eigenvalue weighted by Crippen LogP contribution is -2.30. The van der Waals surface area contributed by atoms with Crippen LogP contribution in [0.15, 0.2) is 42.5 Å². The summed E-state index contributed by atoms with van der Waals surface area (Å²) in [5.41, 5.74) is 0.696. The van der Waals surface area contributed by atoms with Gasteiger partial charge in [-0.2, -0.15) is 0 Å². The van der Waals surface area contributed by atoms with E-state index in [0.717, 1.165) is 0 Å². The Bertz CT molecular complexity index is 762. The summed E-state index contributed by atoms with van der Waals surface area (Å²) in [6.45, 7) is 3.61. The van der Waals surface area contributed by atoms with Gasteiger partial charge in [-0.15, -0.1) is 0 Å². The third-order valence-electron chi connectivity index (χ3n) is 3.23. The summed E-state index contributed by atoms with van der Waals surface area (Å²) in [6, 6.07) is 11.2. The van der Waals surface area contributed by atoms with E-state index in [2.05, 4.69) is 5.32 Å². The molecule has 0 fully saturated rings. The van der Waals surface area contributed by atoms with Crippen LogP contribution in [0.2, 0.25) is 10.0 Å². The molecule has 132 valence electrons. The Morgan fingerprint density at radius 1 is 1.12 bits per heavy atom. The molecule has 0 saturated carbocycles. The fourth-order valence-corrected chi connectivity index (χ4v) is 2.32. The highest BCUT2D eigenvalue weighted by Crippen LogP contribution is 2.24. The maximum absolute atomic E-state index is 12.2. The number of benzene rings is 2. The molecule has 0 aliphatic heterocycles. The van der Waals surface area contributed by atoms with E-state index >= 15 is 0 Å². The van der Waals surface area contributed by atoms with Gasteiger partial charge in [-0.05, 0) is 56.3 Å². The van der Waals surface area contributed by atoms with Crippen molar-refractivity contribution >= 4 is 40.8 Å². The van der Waals surface area contributed by atoms with Crippen molar-refractivity contribution in [3.8, 4) is 5.75 Å². The molecular formula is C18H17Cl2NO4. The summed E-state index contributed by atoms with van der Waals surface area (Å²) in [6.07, 6.45) is -0.748. The minimum Gasteiger partial charge on any atom is -0.481 e. The highest BCUT2D eigenvalue weighted by Gasteiger charge is 2.17. The molecule has 0 unspecified atom stereocenters. The molecule has 2 rings (SSSR count). The number of amides is 1. The molecule has 1 amide bonds. The van der Waals surface area contributed by atoms with Crippen LogP contribution in [-0.4, -0.2) is 24.6 Å². The van der Waals surface area contributed by atoms with Crippen molar-refractivity contribution in [3.05, 3.63) is 58.1 Å². The maximum Gasteiger partial charge on any atom is 0.338 e. The van der Waals surface area contributed by atoms with E-state index in [1.54, 1.807) is 44.2 Å². The zero-order valence-corrected chi connectivity index (χ0v) is 15.2. The Kier molecular flexibility index (Phi) is 6.67. The second kappa shape index (κ2) is 8.74. The number of anilines is 1. The fraction of sp³-hybridized carbons (Fsp3) is 0.222. The van der Waals surface area contributed by atoms with Gasteiger partial charge in [0.1, 0.15) is 5.75 Å². The van der Waals surface area contributed by atoms with Crippen LogP contribution in [0.25, 0.3) is 0 Å². The monoisotopic (exact) mass is 381 g/mol. The third-order valence-corrected chi connectivity index (χ3v) is 3.80. The number of halogens is 2. The van der Waals surface area contributed by atoms with E-state index in [-0.39, 0.29) is 17.5 Å². The molecule has 0 spiro atoms. The van der Waals surface area contributed by atoms with Crippen LogP contribution in [0.3, 0.4) is 0 Å². The van der Waals surface area contributed by atoms with Crippen LogP contribution in [0.5, 0.6) is 5.75 Å². The molecule has 1 N–H and O–H groups in total. The van der Waals surface area contributed by atoms with Crippen molar-refractivity contribution in [3.63, 3.8) is 0 Å². The van der Waals surface area contributed by atoms with Crippen LogP contribution in [0.1, 0.15) is 24.2 Å². The SMILES string of the molecule is CCOC(=O)c1ccc(NC(=O)[C@@H](C)Oc2ccc(Cl)cc2)c(Cl)c1. The van der Waals surface area contributed by atoms with E-state index in [1.165, 1.54) is 12.1 Å². The minimum atomic E-state index is -0.748. The summed E-state index contributed by atoms with van der Waals surface area (Å²) in [4.78, 5) is 23.9. The van der Waals surface area contributed by atoms with Gasteiger partial charge in [0.05, 0.1) is 22.9 Å². The topological polar surface area (TPSA) is 64.6 Å². The lowest BCUT2D eigenvalue weighted by molar-refractivity contribution is -0.122. The molecule has 5 nitrogen and oxygen atoms in total. The number of nitrogens with one attached hydrogen (secondary N) is 1. The van der Waals surface area contributed by atoms with Gasteiger partial charge in [0, 0.05) is 5.02 Å². The lowest BCUT2D eigenvalue weighted by atomic mass is 10.2. The average molecular weight is 382 g/mol. The zero-order chi connectivity index (χ0) is 18.4. The standard InChI is InChI=1S/C18H17Cl2NO4/c1-3-24-18(23)12-4-9-16(15(20)10-12)21-17(22)11(2)25-14-7-5-13(19)6-8-14/h4-11H,3H2,1-2H3,(H,21,22)/t11-/m1/s1. The van der Waals surface area contributed by atoms with Crippen molar-refractivity contribution in [2.45, 2.75) is 20.0 Å². The van der Waals surface area contributed by atoms with Crippen LogP contribution < -0.4 is 10.1 Å². The molecule has 0 saturated heterocycles. The van der Waals surface area contributed by atoms with E-state index in [4.69, 9.17) is 32.7 Å². The maximum atomic E-state index is 12.2. The molecule has 0 aromatic heterocycles. The van der Waals surface area contributed by atoms with Gasteiger partial charge in [-0.25, -0.2) is 4.79 Å². The zero-order valence-electron chi connectivity index (χ0n) is 13.7. The normalized spacial score (nSPS) is 11.5. The highest BCUT2D eigenvalue weighted by molar-refractivity contribution is 6.34. The number of carbonyl (C=O) groups is 2. The van der Waals surface area contributed by atoms with Crippen LogP contribution in [0.4, 0.5) is 5.69 Å². The Morgan fingerprint density at radius 3 is 2.40 bits per heavy atom. The Morgan fingerprint density at radius 2 is 1.80 bits per heavy atom. The number of hydrogen-bond donors (Lipinski definition) is 1. The fourth-order valence-electron chi connectivity index (χ4n) is 1.96. The first-order valence-electron chi connectivity index (χ1n) is 7.60. The molecule has 0 aliphatic rings. The predicted molar refractivity (Wildman–Crippen MR) is 97.6 cm³/mol. The van der Waals surface area contributed by atoms with Crippen LogP contribution in [0, 0.1) is 0 Å². The van der Waals surface area contributed by atoms with Gasteiger partial charge >= 0.3 is 5.97 Å². The largest absolute Gasteiger partial charge is 0.481 e. The highest BCUT2D eigenvalue weighted by atomic mass is 35.5. The Labute approximate surface area is 155 Å². The number of hydrogen-bond acceptors (Lipinski definition) is 4. The molecule has 1 atom stereocenters. The molecule has 0 heterocycles. The van der Waals surface area contributed by atoms with E-state index < -0.39 is 12.1 Å². The average Bonchev–Trinajstić information content (AvgIpc) is 2.58. The lowest BCUT2D eigenvalue weighted by Gasteiger charge is -2.15. The molecule has 0 aliphatic carbocycles. The van der Waals surface area contributed by atoms with Gasteiger partial charge in [0.15, 0.2) is 6.10 Å². The Hall–Kier alpha value is -2.24. The van der Waals surface area contributed by atoms with Gasteiger partial charge < -0.3 is 14.8 Å². The minimum absolute atomic E-state index is 0.234. The molecule has 2 aromatic rings. The summed E-state index contributed by atoms with van der Waals surface area (Å²) in [7, 11) is 0. The van der Waals surface area contributed by atoms with Crippen molar-refractivity contribution < 1.29 is 19.1 Å². The smallest absolute Gasteiger partial charge is 0.338 e.